The monoisotopic (exact) mass is 268 g/mol. The summed E-state index contributed by atoms with van der Waals surface area (Å²) < 4.78 is 5.26. The Morgan fingerprint density at radius 2 is 2.17 bits per heavy atom. The van der Waals surface area contributed by atoms with Crippen molar-refractivity contribution in [1.29, 1.82) is 0 Å². The molecule has 4 unspecified atom stereocenters. The van der Waals surface area contributed by atoms with Gasteiger partial charge in [-0.2, -0.15) is 0 Å². The van der Waals surface area contributed by atoms with Crippen molar-refractivity contribution in [3.8, 4) is 5.75 Å². The van der Waals surface area contributed by atoms with Crippen LogP contribution < -0.4 is 16.0 Å². The topological polar surface area (TPSA) is 47.3 Å². The molecule has 3 N–H and O–H groups in total. The standard InChI is InChI=1S/C14H24N2OS/c1-9-4-5-11(6-10(9)2)14(16-15)13-7-12(17-3)8-18-13/h7-11,14,16H,4-6,15H2,1-3H3. The van der Waals surface area contributed by atoms with Crippen LogP contribution in [-0.2, 0) is 0 Å². The average molecular weight is 268 g/mol. The Balaban J connectivity index is 2.08. The van der Waals surface area contributed by atoms with Crippen molar-refractivity contribution in [2.24, 2.45) is 23.6 Å². The lowest BCUT2D eigenvalue weighted by molar-refractivity contribution is 0.172. The number of nitrogens with one attached hydrogen (secondary N) is 1. The Bertz CT molecular complexity index is 380. The highest BCUT2D eigenvalue weighted by atomic mass is 32.1. The minimum absolute atomic E-state index is 0.272. The molecular weight excluding hydrogens is 244 g/mol. The van der Waals surface area contributed by atoms with Gasteiger partial charge in [-0.25, -0.2) is 0 Å². The Hall–Kier alpha value is -0.580. The molecule has 0 aliphatic heterocycles. The number of thiophene rings is 1. The normalized spacial score (nSPS) is 30.1. The third-order valence-electron chi connectivity index (χ3n) is 4.43. The van der Waals surface area contributed by atoms with Gasteiger partial charge in [0.2, 0.25) is 0 Å². The summed E-state index contributed by atoms with van der Waals surface area (Å²) in [5.41, 5.74) is 3.02. The Labute approximate surface area is 114 Å². The van der Waals surface area contributed by atoms with Crippen molar-refractivity contribution in [2.75, 3.05) is 7.11 Å². The summed E-state index contributed by atoms with van der Waals surface area (Å²) >= 11 is 1.73. The summed E-state index contributed by atoms with van der Waals surface area (Å²) in [4.78, 5) is 1.29. The summed E-state index contributed by atoms with van der Waals surface area (Å²) in [7, 11) is 1.71. The molecule has 2 rings (SSSR count). The van der Waals surface area contributed by atoms with Gasteiger partial charge < -0.3 is 4.74 Å². The molecule has 1 aliphatic rings. The predicted molar refractivity (Wildman–Crippen MR) is 76.6 cm³/mol. The number of rotatable bonds is 4. The van der Waals surface area contributed by atoms with Crippen molar-refractivity contribution in [3.63, 3.8) is 0 Å². The molecule has 3 nitrogen and oxygen atoms in total. The van der Waals surface area contributed by atoms with Gasteiger partial charge in [0.1, 0.15) is 5.75 Å². The lowest BCUT2D eigenvalue weighted by Gasteiger charge is -2.36. The number of hydrazine groups is 1. The maximum Gasteiger partial charge on any atom is 0.129 e. The molecule has 0 aromatic carbocycles. The average Bonchev–Trinajstić information content (AvgIpc) is 2.83. The lowest BCUT2D eigenvalue weighted by Crippen LogP contribution is -2.36. The third-order valence-corrected chi connectivity index (χ3v) is 5.42. The smallest absolute Gasteiger partial charge is 0.129 e. The molecule has 4 heteroatoms. The van der Waals surface area contributed by atoms with Crippen LogP contribution >= 0.6 is 11.3 Å². The zero-order valence-electron chi connectivity index (χ0n) is 11.5. The van der Waals surface area contributed by atoms with Crippen LogP contribution in [0.15, 0.2) is 11.4 Å². The van der Waals surface area contributed by atoms with E-state index in [4.69, 9.17) is 10.6 Å². The van der Waals surface area contributed by atoms with Gasteiger partial charge >= 0.3 is 0 Å². The summed E-state index contributed by atoms with van der Waals surface area (Å²) in [6.07, 6.45) is 3.84. The molecular formula is C14H24N2OS. The van der Waals surface area contributed by atoms with Crippen molar-refractivity contribution >= 4 is 11.3 Å². The van der Waals surface area contributed by atoms with Crippen LogP contribution in [-0.4, -0.2) is 7.11 Å². The van der Waals surface area contributed by atoms with Crippen LogP contribution in [0.2, 0.25) is 0 Å². The second-order valence-corrected chi connectivity index (χ2v) is 6.50. The highest BCUT2D eigenvalue weighted by Gasteiger charge is 2.31. The molecule has 0 bridgehead atoms. The van der Waals surface area contributed by atoms with Crippen LogP contribution in [0.1, 0.15) is 44.0 Å². The maximum absolute atomic E-state index is 5.78. The molecule has 0 saturated heterocycles. The van der Waals surface area contributed by atoms with Gasteiger partial charge in [-0.1, -0.05) is 20.3 Å². The molecule has 102 valence electrons. The molecule has 1 saturated carbocycles. The molecule has 1 aromatic rings. The molecule has 18 heavy (non-hydrogen) atoms. The fourth-order valence-corrected chi connectivity index (χ4v) is 3.95. The van der Waals surface area contributed by atoms with E-state index in [1.54, 1.807) is 18.4 Å². The van der Waals surface area contributed by atoms with Gasteiger partial charge in [-0.05, 0) is 36.7 Å². The summed E-state index contributed by atoms with van der Waals surface area (Å²) in [6, 6.07) is 2.38. The summed E-state index contributed by atoms with van der Waals surface area (Å²) in [6.45, 7) is 4.72. The molecule has 0 spiro atoms. The van der Waals surface area contributed by atoms with E-state index in [9.17, 15) is 0 Å². The van der Waals surface area contributed by atoms with Gasteiger partial charge in [-0.15, -0.1) is 11.3 Å². The van der Waals surface area contributed by atoms with E-state index < -0.39 is 0 Å². The number of hydrogen-bond donors (Lipinski definition) is 2. The minimum Gasteiger partial charge on any atom is -0.496 e. The zero-order chi connectivity index (χ0) is 13.1. The number of nitrogens with two attached hydrogens (primary N) is 1. The molecule has 4 atom stereocenters. The van der Waals surface area contributed by atoms with E-state index in [-0.39, 0.29) is 6.04 Å². The molecule has 1 aromatic heterocycles. The highest BCUT2D eigenvalue weighted by Crippen LogP contribution is 2.41. The van der Waals surface area contributed by atoms with E-state index in [0.29, 0.717) is 5.92 Å². The molecule has 1 heterocycles. The van der Waals surface area contributed by atoms with Crippen LogP contribution in [0, 0.1) is 17.8 Å². The summed E-state index contributed by atoms with van der Waals surface area (Å²) in [5, 5.41) is 2.05. The lowest BCUT2D eigenvalue weighted by atomic mass is 9.73. The van der Waals surface area contributed by atoms with Gasteiger partial charge in [0, 0.05) is 10.3 Å². The first-order valence-electron chi connectivity index (χ1n) is 6.74. The maximum atomic E-state index is 5.78. The zero-order valence-corrected chi connectivity index (χ0v) is 12.3. The quantitative estimate of drug-likeness (QED) is 0.650. The fraction of sp³-hybridized carbons (Fsp3) is 0.714. The fourth-order valence-electron chi connectivity index (χ4n) is 2.95. The van der Waals surface area contributed by atoms with E-state index in [0.717, 1.165) is 17.6 Å². The summed E-state index contributed by atoms with van der Waals surface area (Å²) in [5.74, 6) is 9.00. The van der Waals surface area contributed by atoms with Crippen molar-refractivity contribution in [2.45, 2.75) is 39.2 Å². The van der Waals surface area contributed by atoms with Crippen molar-refractivity contribution < 1.29 is 4.74 Å². The van der Waals surface area contributed by atoms with E-state index in [1.165, 1.54) is 24.1 Å². The van der Waals surface area contributed by atoms with E-state index in [2.05, 4.69) is 30.7 Å². The first-order chi connectivity index (χ1) is 8.65. The van der Waals surface area contributed by atoms with Crippen molar-refractivity contribution in [1.82, 2.24) is 5.43 Å². The first kappa shape index (κ1) is 13.8. The van der Waals surface area contributed by atoms with Crippen molar-refractivity contribution in [3.05, 3.63) is 16.3 Å². The second-order valence-electron chi connectivity index (χ2n) is 5.56. The van der Waals surface area contributed by atoms with Gasteiger partial charge in [0.05, 0.1) is 13.2 Å². The van der Waals surface area contributed by atoms with Gasteiger partial charge in [-0.3, -0.25) is 11.3 Å². The number of methoxy groups -OCH3 is 1. The highest BCUT2D eigenvalue weighted by molar-refractivity contribution is 7.10. The second kappa shape index (κ2) is 6.04. The van der Waals surface area contributed by atoms with E-state index >= 15 is 0 Å². The molecule has 0 radical (unpaired) electrons. The number of ether oxygens (including phenoxy) is 1. The molecule has 1 aliphatic carbocycles. The van der Waals surface area contributed by atoms with Crippen LogP contribution in [0.3, 0.4) is 0 Å². The molecule has 1 fully saturated rings. The Kier molecular flexibility index (Phi) is 4.65. The largest absolute Gasteiger partial charge is 0.496 e. The number of hydrogen-bond acceptors (Lipinski definition) is 4. The Morgan fingerprint density at radius 1 is 1.39 bits per heavy atom. The Morgan fingerprint density at radius 3 is 2.72 bits per heavy atom. The van der Waals surface area contributed by atoms with Gasteiger partial charge in [0.15, 0.2) is 0 Å². The molecule has 0 amide bonds. The SMILES string of the molecule is COc1csc(C(NN)C2CCC(C)C(C)C2)c1. The van der Waals surface area contributed by atoms with E-state index in [1.807, 2.05) is 0 Å². The van der Waals surface area contributed by atoms with Crippen LogP contribution in [0.25, 0.3) is 0 Å². The first-order valence-corrected chi connectivity index (χ1v) is 7.62. The predicted octanol–water partition coefficient (Wildman–Crippen LogP) is 3.33. The minimum atomic E-state index is 0.272. The van der Waals surface area contributed by atoms with Crippen LogP contribution in [0.4, 0.5) is 0 Å². The van der Waals surface area contributed by atoms with Crippen LogP contribution in [0.5, 0.6) is 5.75 Å². The van der Waals surface area contributed by atoms with Gasteiger partial charge in [0.25, 0.3) is 0 Å². The third kappa shape index (κ3) is 2.87.